The topological polar surface area (TPSA) is 55.1 Å². The van der Waals surface area contributed by atoms with Gasteiger partial charge in [-0.3, -0.25) is 4.79 Å². The molecule has 0 atom stereocenters. The second-order valence-electron chi connectivity index (χ2n) is 5.98. The van der Waals surface area contributed by atoms with E-state index in [0.29, 0.717) is 19.0 Å². The van der Waals surface area contributed by atoms with Gasteiger partial charge in [0.05, 0.1) is 5.41 Å². The van der Waals surface area contributed by atoms with Crippen LogP contribution in [0.5, 0.6) is 0 Å². The molecule has 1 amide bonds. The van der Waals surface area contributed by atoms with E-state index >= 15 is 0 Å². The first kappa shape index (κ1) is 15.0. The highest BCUT2D eigenvalue weighted by molar-refractivity contribution is 5.83. The number of benzene rings is 1. The van der Waals surface area contributed by atoms with E-state index in [1.807, 2.05) is 0 Å². The summed E-state index contributed by atoms with van der Waals surface area (Å²) in [6, 6.07) is 6.30. The molecule has 0 bridgehead atoms. The van der Waals surface area contributed by atoms with Gasteiger partial charge in [-0.2, -0.15) is 0 Å². The first-order chi connectivity index (χ1) is 9.55. The summed E-state index contributed by atoms with van der Waals surface area (Å²) < 4.78 is 13.1. The summed E-state index contributed by atoms with van der Waals surface area (Å²) in [5, 5.41) is 2.92. The molecule has 20 heavy (non-hydrogen) atoms. The number of nitrogens with two attached hydrogens (primary N) is 1. The van der Waals surface area contributed by atoms with Crippen LogP contribution < -0.4 is 11.1 Å². The van der Waals surface area contributed by atoms with Crippen molar-refractivity contribution in [3.63, 3.8) is 0 Å². The summed E-state index contributed by atoms with van der Waals surface area (Å²) >= 11 is 0. The Kier molecular flexibility index (Phi) is 4.76. The third-order valence-corrected chi connectivity index (χ3v) is 4.45. The molecule has 1 saturated carbocycles. The number of nitrogens with one attached hydrogen (secondary N) is 1. The summed E-state index contributed by atoms with van der Waals surface area (Å²) in [6.07, 6.45) is 3.79. The van der Waals surface area contributed by atoms with Gasteiger partial charge in [0.1, 0.15) is 5.82 Å². The van der Waals surface area contributed by atoms with Gasteiger partial charge < -0.3 is 11.1 Å². The lowest BCUT2D eigenvalue weighted by Gasteiger charge is -2.37. The Hall–Kier alpha value is -1.42. The molecule has 0 aromatic heterocycles. The van der Waals surface area contributed by atoms with Gasteiger partial charge in [0.25, 0.3) is 0 Å². The Bertz CT molecular complexity index is 467. The summed E-state index contributed by atoms with van der Waals surface area (Å²) in [7, 11) is 0. The van der Waals surface area contributed by atoms with Gasteiger partial charge in [0.2, 0.25) is 5.91 Å². The molecule has 0 saturated heterocycles. The molecule has 3 nitrogen and oxygen atoms in total. The van der Waals surface area contributed by atoms with E-state index in [-0.39, 0.29) is 11.7 Å². The highest BCUT2D eigenvalue weighted by Gasteiger charge is 2.39. The van der Waals surface area contributed by atoms with Crippen molar-refractivity contribution in [2.24, 2.45) is 17.1 Å². The number of hydrogen-bond acceptors (Lipinski definition) is 2. The molecular formula is C16H23FN2O. The van der Waals surface area contributed by atoms with Crippen LogP contribution in [0.15, 0.2) is 24.3 Å². The van der Waals surface area contributed by atoms with E-state index in [9.17, 15) is 9.18 Å². The monoisotopic (exact) mass is 278 g/mol. The fourth-order valence-electron chi connectivity index (χ4n) is 2.86. The normalized spacial score (nSPS) is 26.2. The van der Waals surface area contributed by atoms with E-state index in [4.69, 9.17) is 5.73 Å². The number of halogens is 1. The molecule has 1 aliphatic carbocycles. The standard InChI is InChI=1S/C16H23FN2O/c1-12-5-7-16(11-18,8-6-12)15(20)19-10-13-3-2-4-14(17)9-13/h2-4,9,12H,5-8,10-11,18H2,1H3,(H,19,20). The molecular weight excluding hydrogens is 255 g/mol. The third-order valence-electron chi connectivity index (χ3n) is 4.45. The number of rotatable bonds is 4. The zero-order valence-electron chi connectivity index (χ0n) is 12.0. The molecule has 4 heteroatoms. The van der Waals surface area contributed by atoms with Crippen LogP contribution >= 0.6 is 0 Å². The van der Waals surface area contributed by atoms with Crippen molar-refractivity contribution >= 4 is 5.91 Å². The highest BCUT2D eigenvalue weighted by Crippen LogP contribution is 2.38. The molecule has 1 fully saturated rings. The minimum Gasteiger partial charge on any atom is -0.352 e. The van der Waals surface area contributed by atoms with Gasteiger partial charge >= 0.3 is 0 Å². The van der Waals surface area contributed by atoms with Crippen molar-refractivity contribution in [2.75, 3.05) is 6.54 Å². The Morgan fingerprint density at radius 3 is 2.75 bits per heavy atom. The summed E-state index contributed by atoms with van der Waals surface area (Å²) in [5.41, 5.74) is 6.20. The smallest absolute Gasteiger partial charge is 0.227 e. The molecule has 1 aromatic carbocycles. The molecule has 0 heterocycles. The predicted molar refractivity (Wildman–Crippen MR) is 77.4 cm³/mol. The maximum atomic E-state index is 13.1. The SMILES string of the molecule is CC1CCC(CN)(C(=O)NCc2cccc(F)c2)CC1. The van der Waals surface area contributed by atoms with E-state index in [1.54, 1.807) is 12.1 Å². The van der Waals surface area contributed by atoms with Crippen LogP contribution in [0.4, 0.5) is 4.39 Å². The summed E-state index contributed by atoms with van der Waals surface area (Å²) in [6.45, 7) is 2.95. The lowest BCUT2D eigenvalue weighted by atomic mass is 9.70. The fraction of sp³-hybridized carbons (Fsp3) is 0.562. The van der Waals surface area contributed by atoms with Crippen molar-refractivity contribution in [1.29, 1.82) is 0 Å². The Labute approximate surface area is 119 Å². The molecule has 3 N–H and O–H groups in total. The van der Waals surface area contributed by atoms with Gasteiger partial charge in [0, 0.05) is 13.1 Å². The number of amides is 1. The molecule has 0 radical (unpaired) electrons. The first-order valence-corrected chi connectivity index (χ1v) is 7.28. The molecule has 0 unspecified atom stereocenters. The van der Waals surface area contributed by atoms with Crippen molar-refractivity contribution in [2.45, 2.75) is 39.2 Å². The van der Waals surface area contributed by atoms with E-state index < -0.39 is 5.41 Å². The molecule has 1 aromatic rings. The number of carbonyl (C=O) groups excluding carboxylic acids is 1. The van der Waals surface area contributed by atoms with Crippen LogP contribution in [-0.4, -0.2) is 12.5 Å². The highest BCUT2D eigenvalue weighted by atomic mass is 19.1. The van der Waals surface area contributed by atoms with E-state index in [2.05, 4.69) is 12.2 Å². The maximum absolute atomic E-state index is 13.1. The summed E-state index contributed by atoms with van der Waals surface area (Å²) in [4.78, 5) is 12.4. The quantitative estimate of drug-likeness (QED) is 0.889. The van der Waals surface area contributed by atoms with Crippen molar-refractivity contribution in [1.82, 2.24) is 5.32 Å². The van der Waals surface area contributed by atoms with E-state index in [1.165, 1.54) is 12.1 Å². The van der Waals surface area contributed by atoms with Crippen LogP contribution in [0.1, 0.15) is 38.2 Å². The average Bonchev–Trinajstić information content (AvgIpc) is 2.46. The predicted octanol–water partition coefficient (Wildman–Crippen LogP) is 2.60. The van der Waals surface area contributed by atoms with Crippen molar-refractivity contribution in [3.05, 3.63) is 35.6 Å². The van der Waals surface area contributed by atoms with E-state index in [0.717, 1.165) is 31.2 Å². The van der Waals surface area contributed by atoms with Crippen molar-refractivity contribution in [3.8, 4) is 0 Å². The lowest BCUT2D eigenvalue weighted by molar-refractivity contribution is -0.133. The van der Waals surface area contributed by atoms with Crippen LogP contribution in [0.3, 0.4) is 0 Å². The Balaban J connectivity index is 1.96. The van der Waals surface area contributed by atoms with Crippen LogP contribution in [0.2, 0.25) is 0 Å². The molecule has 110 valence electrons. The molecule has 1 aliphatic rings. The van der Waals surface area contributed by atoms with Gasteiger partial charge in [-0.25, -0.2) is 4.39 Å². The van der Waals surface area contributed by atoms with Gasteiger partial charge in [-0.1, -0.05) is 19.1 Å². The van der Waals surface area contributed by atoms with Gasteiger partial charge in [-0.15, -0.1) is 0 Å². The fourth-order valence-corrected chi connectivity index (χ4v) is 2.86. The summed E-state index contributed by atoms with van der Waals surface area (Å²) in [5.74, 6) is 0.402. The molecule has 2 rings (SSSR count). The Morgan fingerprint density at radius 1 is 1.45 bits per heavy atom. The zero-order chi connectivity index (χ0) is 14.6. The van der Waals surface area contributed by atoms with Crippen molar-refractivity contribution < 1.29 is 9.18 Å². The average molecular weight is 278 g/mol. The molecule has 0 spiro atoms. The van der Waals surface area contributed by atoms with Crippen LogP contribution in [-0.2, 0) is 11.3 Å². The van der Waals surface area contributed by atoms with Gasteiger partial charge in [-0.05, 0) is 49.3 Å². The zero-order valence-corrected chi connectivity index (χ0v) is 12.0. The minimum absolute atomic E-state index is 0.0103. The maximum Gasteiger partial charge on any atom is 0.227 e. The third kappa shape index (κ3) is 3.37. The second kappa shape index (κ2) is 6.35. The molecule has 0 aliphatic heterocycles. The van der Waals surface area contributed by atoms with Crippen LogP contribution in [0.25, 0.3) is 0 Å². The lowest BCUT2D eigenvalue weighted by Crippen LogP contribution is -2.47. The first-order valence-electron chi connectivity index (χ1n) is 7.28. The Morgan fingerprint density at radius 2 is 2.15 bits per heavy atom. The number of hydrogen-bond donors (Lipinski definition) is 2. The van der Waals surface area contributed by atoms with Gasteiger partial charge in [0.15, 0.2) is 0 Å². The number of carbonyl (C=O) groups is 1. The second-order valence-corrected chi connectivity index (χ2v) is 5.98. The largest absolute Gasteiger partial charge is 0.352 e. The van der Waals surface area contributed by atoms with Crippen LogP contribution in [0, 0.1) is 17.2 Å². The minimum atomic E-state index is -0.431.